The van der Waals surface area contributed by atoms with E-state index in [0.29, 0.717) is 0 Å². The first-order chi connectivity index (χ1) is 8.83. The zero-order chi connectivity index (χ0) is 14.2. The van der Waals surface area contributed by atoms with Crippen molar-refractivity contribution in [1.82, 2.24) is 0 Å². The van der Waals surface area contributed by atoms with E-state index in [1.807, 2.05) is 13.0 Å². The smallest absolute Gasteiger partial charge is 0.269 e. The highest BCUT2D eigenvalue weighted by molar-refractivity contribution is 6.01. The molecule has 1 aliphatic rings. The van der Waals surface area contributed by atoms with E-state index in [1.165, 1.54) is 12.1 Å². The second-order valence-electron chi connectivity index (χ2n) is 5.73. The van der Waals surface area contributed by atoms with Crippen molar-refractivity contribution in [2.75, 3.05) is 0 Å². The summed E-state index contributed by atoms with van der Waals surface area (Å²) in [6, 6.07) is 6.32. The molecule has 4 heteroatoms. The van der Waals surface area contributed by atoms with Crippen LogP contribution in [-0.4, -0.2) is 10.7 Å². The van der Waals surface area contributed by atoms with Gasteiger partial charge in [-0.05, 0) is 29.9 Å². The minimum Gasteiger partial charge on any atom is -0.294 e. The molecule has 19 heavy (non-hydrogen) atoms. The zero-order valence-corrected chi connectivity index (χ0v) is 11.3. The summed E-state index contributed by atoms with van der Waals surface area (Å²) in [5.74, 6) is -0.108. The molecule has 0 radical (unpaired) electrons. The van der Waals surface area contributed by atoms with Gasteiger partial charge in [0.15, 0.2) is 5.78 Å². The average molecular weight is 259 g/mol. The minimum atomic E-state index is -0.428. The lowest BCUT2D eigenvalue weighted by Gasteiger charge is -2.36. The number of carbonyl (C=O) groups excluding carboxylic acids is 1. The average Bonchev–Trinajstić information content (AvgIpc) is 2.35. The second kappa shape index (κ2) is 4.61. The Hall–Kier alpha value is -1.97. The molecule has 0 N–H and O–H groups in total. The van der Waals surface area contributed by atoms with Crippen molar-refractivity contribution in [1.29, 1.82) is 0 Å². The number of rotatable bonds is 2. The number of non-ortho nitro benzene ring substituents is 1. The van der Waals surface area contributed by atoms with Crippen LogP contribution in [0.2, 0.25) is 0 Å². The Morgan fingerprint density at radius 3 is 2.37 bits per heavy atom. The van der Waals surface area contributed by atoms with Crippen LogP contribution in [0.15, 0.2) is 35.9 Å². The fraction of sp³-hybridized carbons (Fsp3) is 0.400. The van der Waals surface area contributed by atoms with Crippen molar-refractivity contribution in [2.24, 2.45) is 5.41 Å². The van der Waals surface area contributed by atoms with E-state index >= 15 is 0 Å². The van der Waals surface area contributed by atoms with Gasteiger partial charge in [0.1, 0.15) is 0 Å². The highest BCUT2D eigenvalue weighted by atomic mass is 16.6. The van der Waals surface area contributed by atoms with E-state index in [9.17, 15) is 14.9 Å². The van der Waals surface area contributed by atoms with Crippen molar-refractivity contribution in [3.63, 3.8) is 0 Å². The molecule has 0 spiro atoms. The number of nitro benzene ring substituents is 1. The van der Waals surface area contributed by atoms with Gasteiger partial charge in [0.05, 0.1) is 10.8 Å². The van der Waals surface area contributed by atoms with Crippen molar-refractivity contribution in [3.05, 3.63) is 51.6 Å². The van der Waals surface area contributed by atoms with Crippen LogP contribution in [-0.2, 0) is 4.79 Å². The van der Waals surface area contributed by atoms with Gasteiger partial charge in [-0.2, -0.15) is 0 Å². The van der Waals surface area contributed by atoms with Gasteiger partial charge < -0.3 is 0 Å². The number of benzene rings is 1. The molecule has 0 aromatic heterocycles. The molecule has 1 aromatic carbocycles. The van der Waals surface area contributed by atoms with E-state index in [1.54, 1.807) is 12.1 Å². The van der Waals surface area contributed by atoms with Gasteiger partial charge >= 0.3 is 0 Å². The molecule has 0 fully saturated rings. The van der Waals surface area contributed by atoms with Gasteiger partial charge in [-0.3, -0.25) is 14.9 Å². The molecule has 1 aromatic rings. The van der Waals surface area contributed by atoms with Crippen LogP contribution in [0.4, 0.5) is 5.69 Å². The molecular formula is C15H17NO3. The molecule has 4 nitrogen and oxygen atoms in total. The van der Waals surface area contributed by atoms with Gasteiger partial charge in [-0.15, -0.1) is 0 Å². The summed E-state index contributed by atoms with van der Waals surface area (Å²) in [6.45, 7) is 5.94. The van der Waals surface area contributed by atoms with Gasteiger partial charge in [0, 0.05) is 12.1 Å². The van der Waals surface area contributed by atoms with E-state index in [0.717, 1.165) is 17.6 Å². The van der Waals surface area contributed by atoms with Crippen molar-refractivity contribution < 1.29 is 9.72 Å². The number of hydrogen-bond acceptors (Lipinski definition) is 3. The standard InChI is InChI=1S/C15H17NO3/c1-10-8-9-15(2,3)13(14(10)17)11-4-6-12(7-5-11)16(18)19/h4-8,13H,9H2,1-3H3. The minimum absolute atomic E-state index is 0.0529. The largest absolute Gasteiger partial charge is 0.294 e. The molecule has 1 atom stereocenters. The number of nitro groups is 1. The van der Waals surface area contributed by atoms with Gasteiger partial charge in [-0.1, -0.05) is 32.1 Å². The third kappa shape index (κ3) is 2.43. The maximum absolute atomic E-state index is 12.4. The van der Waals surface area contributed by atoms with E-state index in [4.69, 9.17) is 0 Å². The Morgan fingerprint density at radius 2 is 1.84 bits per heavy atom. The predicted molar refractivity (Wildman–Crippen MR) is 73.0 cm³/mol. The molecular weight excluding hydrogens is 242 g/mol. The number of hydrogen-bond donors (Lipinski definition) is 0. The van der Waals surface area contributed by atoms with E-state index in [2.05, 4.69) is 13.8 Å². The van der Waals surface area contributed by atoms with Crippen molar-refractivity contribution >= 4 is 11.5 Å². The third-order valence-corrected chi connectivity index (χ3v) is 3.80. The molecule has 0 bridgehead atoms. The summed E-state index contributed by atoms with van der Waals surface area (Å²) >= 11 is 0. The molecule has 0 amide bonds. The fourth-order valence-electron chi connectivity index (χ4n) is 2.61. The molecule has 0 aliphatic heterocycles. The molecule has 0 saturated heterocycles. The summed E-state index contributed by atoms with van der Waals surface area (Å²) in [5.41, 5.74) is 1.53. The topological polar surface area (TPSA) is 60.2 Å². The lowest BCUT2D eigenvalue weighted by atomic mass is 9.66. The van der Waals surface area contributed by atoms with Crippen molar-refractivity contribution in [2.45, 2.75) is 33.1 Å². The van der Waals surface area contributed by atoms with E-state index in [-0.39, 0.29) is 22.8 Å². The molecule has 1 aliphatic carbocycles. The van der Waals surface area contributed by atoms with Crippen LogP contribution >= 0.6 is 0 Å². The number of allylic oxidation sites excluding steroid dienone is 2. The Bertz CT molecular complexity index is 555. The van der Waals surface area contributed by atoms with Gasteiger partial charge in [0.25, 0.3) is 5.69 Å². The van der Waals surface area contributed by atoms with E-state index < -0.39 is 4.92 Å². The Balaban J connectivity index is 2.41. The third-order valence-electron chi connectivity index (χ3n) is 3.80. The van der Waals surface area contributed by atoms with Gasteiger partial charge in [0.2, 0.25) is 0 Å². The summed E-state index contributed by atoms with van der Waals surface area (Å²) in [5, 5.41) is 10.7. The fourth-order valence-corrected chi connectivity index (χ4v) is 2.61. The first-order valence-corrected chi connectivity index (χ1v) is 6.28. The number of carbonyl (C=O) groups is 1. The van der Waals surface area contributed by atoms with Gasteiger partial charge in [-0.25, -0.2) is 0 Å². The van der Waals surface area contributed by atoms with Crippen LogP contribution in [0.3, 0.4) is 0 Å². The van der Waals surface area contributed by atoms with Crippen molar-refractivity contribution in [3.8, 4) is 0 Å². The summed E-state index contributed by atoms with van der Waals surface area (Å²) in [7, 11) is 0. The Kier molecular flexibility index (Phi) is 3.27. The highest BCUT2D eigenvalue weighted by Gasteiger charge is 2.39. The zero-order valence-electron chi connectivity index (χ0n) is 11.3. The maximum atomic E-state index is 12.4. The van der Waals surface area contributed by atoms with Crippen LogP contribution in [0.5, 0.6) is 0 Å². The number of Topliss-reactive ketones (excluding diaryl/α,β-unsaturated/α-hetero) is 1. The maximum Gasteiger partial charge on any atom is 0.269 e. The SMILES string of the molecule is CC1=CCC(C)(C)C(c2ccc([N+](=O)[O-])cc2)C1=O. The first-order valence-electron chi connectivity index (χ1n) is 6.28. The quantitative estimate of drug-likeness (QED) is 0.602. The number of ketones is 1. The first kappa shape index (κ1) is 13.5. The van der Waals surface area contributed by atoms with Crippen LogP contribution in [0.25, 0.3) is 0 Å². The Morgan fingerprint density at radius 1 is 1.26 bits per heavy atom. The monoisotopic (exact) mass is 259 g/mol. The summed E-state index contributed by atoms with van der Waals surface area (Å²) in [4.78, 5) is 22.6. The van der Waals surface area contributed by atoms with Crippen LogP contribution in [0, 0.1) is 15.5 Å². The molecule has 0 heterocycles. The predicted octanol–water partition coefficient (Wildman–Crippen LogP) is 3.62. The lowest BCUT2D eigenvalue weighted by Crippen LogP contribution is -2.32. The molecule has 1 unspecified atom stereocenters. The molecule has 100 valence electrons. The van der Waals surface area contributed by atoms with Crippen LogP contribution in [0.1, 0.15) is 38.7 Å². The summed E-state index contributed by atoms with van der Waals surface area (Å²) < 4.78 is 0. The lowest BCUT2D eigenvalue weighted by molar-refractivity contribution is -0.384. The summed E-state index contributed by atoms with van der Waals surface area (Å²) in [6.07, 6.45) is 2.82. The highest BCUT2D eigenvalue weighted by Crippen LogP contribution is 2.44. The molecule has 0 saturated carbocycles. The normalized spacial score (nSPS) is 21.9. The Labute approximate surface area is 112 Å². The second-order valence-corrected chi connectivity index (χ2v) is 5.73. The number of nitrogens with zero attached hydrogens (tertiary/aromatic N) is 1. The van der Waals surface area contributed by atoms with Crippen LogP contribution < -0.4 is 0 Å². The molecule has 2 rings (SSSR count).